The highest BCUT2D eigenvalue weighted by atomic mass is 16.5. The highest BCUT2D eigenvalue weighted by Gasteiger charge is 2.01. The summed E-state index contributed by atoms with van der Waals surface area (Å²) in [6.07, 6.45) is 3.29. The van der Waals surface area contributed by atoms with Crippen LogP contribution in [0.3, 0.4) is 0 Å². The highest BCUT2D eigenvalue weighted by Crippen LogP contribution is 2.19. The molecule has 4 heteroatoms. The van der Waals surface area contributed by atoms with Gasteiger partial charge in [0.1, 0.15) is 5.75 Å². The average Bonchev–Trinajstić information content (AvgIpc) is 2.43. The lowest BCUT2D eigenvalue weighted by Gasteiger charge is -2.14. The second-order valence-corrected chi connectivity index (χ2v) is 4.86. The number of hydrogen-bond donors (Lipinski definition) is 0. The number of carbonyl (C=O) groups is 1. The van der Waals surface area contributed by atoms with Crippen molar-refractivity contribution in [1.82, 2.24) is 0 Å². The number of benzene rings is 1. The van der Waals surface area contributed by atoms with Crippen LogP contribution in [0.5, 0.6) is 5.75 Å². The van der Waals surface area contributed by atoms with E-state index in [-0.39, 0.29) is 5.97 Å². The highest BCUT2D eigenvalue weighted by molar-refractivity contribution is 5.69. The van der Waals surface area contributed by atoms with E-state index in [1.807, 2.05) is 50.2 Å². The fourth-order valence-corrected chi connectivity index (χ4v) is 1.82. The molecule has 0 atom stereocenters. The van der Waals surface area contributed by atoms with Crippen LogP contribution >= 0.6 is 0 Å². The number of unbranched alkanes of at least 4 members (excludes halogenated alkanes) is 2. The largest absolute Gasteiger partial charge is 0.494 e. The molecule has 112 valence electrons. The first-order valence-electron chi connectivity index (χ1n) is 7.19. The molecule has 0 fully saturated rings. The van der Waals surface area contributed by atoms with Crippen molar-refractivity contribution in [3.63, 3.8) is 0 Å². The maximum atomic E-state index is 11.1. The topological polar surface area (TPSA) is 38.8 Å². The molecule has 0 spiro atoms. The Bertz CT molecular complexity index is 404. The van der Waals surface area contributed by atoms with E-state index in [1.54, 1.807) is 0 Å². The molecule has 0 aliphatic rings. The third-order valence-electron chi connectivity index (χ3n) is 2.93. The van der Waals surface area contributed by atoms with Crippen LogP contribution in [0.25, 0.3) is 0 Å². The van der Waals surface area contributed by atoms with E-state index in [4.69, 9.17) is 9.47 Å². The lowest BCUT2D eigenvalue weighted by atomic mass is 10.2. The summed E-state index contributed by atoms with van der Waals surface area (Å²) in [4.78, 5) is 13.2. The van der Waals surface area contributed by atoms with Crippen LogP contribution in [-0.4, -0.2) is 33.3 Å². The molecule has 4 nitrogen and oxygen atoms in total. The van der Waals surface area contributed by atoms with Gasteiger partial charge in [-0.3, -0.25) is 4.79 Å². The number of esters is 1. The summed E-state index contributed by atoms with van der Waals surface area (Å²) in [7, 11) is 4.02. The van der Waals surface area contributed by atoms with Gasteiger partial charge in [0, 0.05) is 32.3 Å². The maximum absolute atomic E-state index is 11.1. The fourth-order valence-electron chi connectivity index (χ4n) is 1.82. The Balaban J connectivity index is 2.15. The molecule has 0 N–H and O–H groups in total. The van der Waals surface area contributed by atoms with Crippen molar-refractivity contribution >= 4 is 11.7 Å². The Morgan fingerprint density at radius 1 is 1.20 bits per heavy atom. The lowest BCUT2D eigenvalue weighted by molar-refractivity contribution is -0.143. The minimum atomic E-state index is -0.105. The van der Waals surface area contributed by atoms with Crippen LogP contribution < -0.4 is 9.64 Å². The van der Waals surface area contributed by atoms with Gasteiger partial charge in [-0.05, 0) is 38.3 Å². The van der Waals surface area contributed by atoms with E-state index in [0.717, 1.165) is 30.7 Å². The molecule has 0 aliphatic heterocycles. The van der Waals surface area contributed by atoms with Gasteiger partial charge >= 0.3 is 5.97 Å². The molecule has 1 aromatic rings. The second kappa shape index (κ2) is 9.23. The summed E-state index contributed by atoms with van der Waals surface area (Å²) in [6.45, 7) is 2.97. The van der Waals surface area contributed by atoms with Gasteiger partial charge in [0.2, 0.25) is 0 Å². The first kappa shape index (κ1) is 16.3. The summed E-state index contributed by atoms with van der Waals surface area (Å²) in [6, 6.07) is 8.03. The van der Waals surface area contributed by atoms with E-state index < -0.39 is 0 Å². The van der Waals surface area contributed by atoms with Crippen molar-refractivity contribution in [3.8, 4) is 5.75 Å². The number of rotatable bonds is 9. The Hall–Kier alpha value is -1.71. The molecule has 0 amide bonds. The van der Waals surface area contributed by atoms with E-state index in [9.17, 15) is 4.79 Å². The molecule has 0 saturated carbocycles. The van der Waals surface area contributed by atoms with Crippen molar-refractivity contribution in [2.45, 2.75) is 32.6 Å². The van der Waals surface area contributed by atoms with Crippen LogP contribution in [0.1, 0.15) is 32.6 Å². The number of ether oxygens (including phenoxy) is 2. The first-order chi connectivity index (χ1) is 9.63. The molecule has 0 unspecified atom stereocenters. The third-order valence-corrected chi connectivity index (χ3v) is 2.93. The van der Waals surface area contributed by atoms with E-state index in [2.05, 4.69) is 0 Å². The van der Waals surface area contributed by atoms with Crippen molar-refractivity contribution < 1.29 is 14.3 Å². The molecule has 20 heavy (non-hydrogen) atoms. The average molecular weight is 279 g/mol. The van der Waals surface area contributed by atoms with Gasteiger partial charge in [-0.1, -0.05) is 6.07 Å². The van der Waals surface area contributed by atoms with Crippen LogP contribution in [0.15, 0.2) is 24.3 Å². The normalized spacial score (nSPS) is 10.2. The van der Waals surface area contributed by atoms with Crippen LogP contribution in [-0.2, 0) is 9.53 Å². The zero-order chi connectivity index (χ0) is 14.8. The summed E-state index contributed by atoms with van der Waals surface area (Å²) in [5.41, 5.74) is 1.13. The molecular weight excluding hydrogens is 254 g/mol. The van der Waals surface area contributed by atoms with Gasteiger partial charge < -0.3 is 14.4 Å². The molecule has 1 aromatic carbocycles. The van der Waals surface area contributed by atoms with Gasteiger partial charge in [0.15, 0.2) is 0 Å². The molecule has 0 aliphatic carbocycles. The number of hydrogen-bond acceptors (Lipinski definition) is 4. The van der Waals surface area contributed by atoms with Gasteiger partial charge in [0.25, 0.3) is 0 Å². The van der Waals surface area contributed by atoms with Gasteiger partial charge in [-0.2, -0.15) is 0 Å². The monoisotopic (exact) mass is 279 g/mol. The molecule has 0 saturated heterocycles. The third kappa shape index (κ3) is 6.45. The standard InChI is InChI=1S/C16H25NO3/c1-4-19-16(18)11-6-5-7-12-20-15-10-8-9-14(13-15)17(2)3/h8-10,13H,4-7,11-12H2,1-3H3. The predicted molar refractivity (Wildman–Crippen MR) is 81.4 cm³/mol. The van der Waals surface area contributed by atoms with Crippen LogP contribution in [0.2, 0.25) is 0 Å². The van der Waals surface area contributed by atoms with Gasteiger partial charge in [-0.15, -0.1) is 0 Å². The number of nitrogens with zero attached hydrogens (tertiary/aromatic N) is 1. The van der Waals surface area contributed by atoms with E-state index >= 15 is 0 Å². The summed E-state index contributed by atoms with van der Waals surface area (Å²) in [5.74, 6) is 0.786. The summed E-state index contributed by atoms with van der Waals surface area (Å²) < 4.78 is 10.6. The Morgan fingerprint density at radius 3 is 2.70 bits per heavy atom. The van der Waals surface area contributed by atoms with Crippen LogP contribution in [0.4, 0.5) is 5.69 Å². The second-order valence-electron chi connectivity index (χ2n) is 4.86. The zero-order valence-electron chi connectivity index (χ0n) is 12.7. The van der Waals surface area contributed by atoms with E-state index in [1.165, 1.54) is 0 Å². The summed E-state index contributed by atoms with van der Waals surface area (Å²) >= 11 is 0. The van der Waals surface area contributed by atoms with Crippen LogP contribution in [0, 0.1) is 0 Å². The van der Waals surface area contributed by atoms with Crippen molar-refractivity contribution in [2.75, 3.05) is 32.2 Å². The maximum Gasteiger partial charge on any atom is 0.305 e. The number of carbonyl (C=O) groups excluding carboxylic acids is 1. The fraction of sp³-hybridized carbons (Fsp3) is 0.562. The Morgan fingerprint density at radius 2 is 2.00 bits per heavy atom. The molecule has 0 radical (unpaired) electrons. The molecule has 0 bridgehead atoms. The Kier molecular flexibility index (Phi) is 7.55. The van der Waals surface area contributed by atoms with Gasteiger partial charge in [-0.25, -0.2) is 0 Å². The number of anilines is 1. The van der Waals surface area contributed by atoms with Crippen molar-refractivity contribution in [2.24, 2.45) is 0 Å². The molecule has 0 heterocycles. The van der Waals surface area contributed by atoms with E-state index in [0.29, 0.717) is 19.6 Å². The lowest BCUT2D eigenvalue weighted by Crippen LogP contribution is -2.08. The minimum Gasteiger partial charge on any atom is -0.494 e. The zero-order valence-corrected chi connectivity index (χ0v) is 12.7. The van der Waals surface area contributed by atoms with Crippen molar-refractivity contribution in [3.05, 3.63) is 24.3 Å². The van der Waals surface area contributed by atoms with Crippen molar-refractivity contribution in [1.29, 1.82) is 0 Å². The predicted octanol–water partition coefficient (Wildman–Crippen LogP) is 3.25. The summed E-state index contributed by atoms with van der Waals surface area (Å²) in [5, 5.41) is 0. The quantitative estimate of drug-likeness (QED) is 0.514. The Labute approximate surface area is 121 Å². The molecular formula is C16H25NO3. The first-order valence-corrected chi connectivity index (χ1v) is 7.19. The molecule has 1 rings (SSSR count). The van der Waals surface area contributed by atoms with Gasteiger partial charge in [0.05, 0.1) is 13.2 Å². The smallest absolute Gasteiger partial charge is 0.305 e. The minimum absolute atomic E-state index is 0.105. The SMILES string of the molecule is CCOC(=O)CCCCCOc1cccc(N(C)C)c1. The molecule has 0 aromatic heterocycles.